The Kier molecular flexibility index (Phi) is 3.27. The molecule has 0 bridgehead atoms. The molecule has 1 aromatic heterocycles. The van der Waals surface area contributed by atoms with E-state index in [4.69, 9.17) is 9.47 Å². The van der Waals surface area contributed by atoms with E-state index in [-0.39, 0.29) is 0 Å². The Hall–Kier alpha value is -2.01. The number of aromatic amines is 1. The van der Waals surface area contributed by atoms with Gasteiger partial charge in [0, 0.05) is 17.2 Å². The highest BCUT2D eigenvalue weighted by Crippen LogP contribution is 2.35. The molecule has 0 unspecified atom stereocenters. The second-order valence-corrected chi connectivity index (χ2v) is 5.59. The first kappa shape index (κ1) is 12.7. The highest BCUT2D eigenvalue weighted by Gasteiger charge is 2.19. The number of fused-ring (bicyclic) bond motifs is 1. The van der Waals surface area contributed by atoms with E-state index >= 15 is 0 Å². The summed E-state index contributed by atoms with van der Waals surface area (Å²) in [6.45, 7) is 3.40. The third-order valence-electron chi connectivity index (χ3n) is 4.21. The molecule has 2 aliphatic rings. The van der Waals surface area contributed by atoms with Crippen LogP contribution in [0.5, 0.6) is 11.5 Å². The van der Waals surface area contributed by atoms with Crippen LogP contribution in [-0.4, -0.2) is 36.5 Å². The van der Waals surface area contributed by atoms with Crippen LogP contribution in [0.3, 0.4) is 0 Å². The van der Waals surface area contributed by atoms with Crippen molar-refractivity contribution in [1.82, 2.24) is 15.5 Å². The average molecular weight is 285 g/mol. The summed E-state index contributed by atoms with van der Waals surface area (Å²) in [6, 6.07) is 8.18. The van der Waals surface area contributed by atoms with Crippen molar-refractivity contribution in [1.29, 1.82) is 0 Å². The van der Waals surface area contributed by atoms with Gasteiger partial charge in [0.25, 0.3) is 0 Å². The Morgan fingerprint density at radius 3 is 2.67 bits per heavy atom. The molecule has 0 aliphatic carbocycles. The summed E-state index contributed by atoms with van der Waals surface area (Å²) in [5, 5.41) is 11.1. The molecular formula is C16H19N3O2. The standard InChI is InChI=1S/C16H19N3O2/c1-2-15-16(21-8-7-20-15)9-12(1)14-10-13(18-19-14)11-3-5-17-6-4-11/h1-2,9-11,17H,3-8H2,(H,18,19). The summed E-state index contributed by atoms with van der Waals surface area (Å²) in [5.41, 5.74) is 3.28. The zero-order chi connectivity index (χ0) is 14.1. The molecule has 0 saturated carbocycles. The fraction of sp³-hybridized carbons (Fsp3) is 0.438. The molecule has 1 aromatic carbocycles. The first-order chi connectivity index (χ1) is 10.4. The van der Waals surface area contributed by atoms with Gasteiger partial charge in [-0.05, 0) is 50.2 Å². The van der Waals surface area contributed by atoms with Gasteiger partial charge in [-0.1, -0.05) is 0 Å². The van der Waals surface area contributed by atoms with Gasteiger partial charge in [0.1, 0.15) is 13.2 Å². The van der Waals surface area contributed by atoms with Gasteiger partial charge in [0.15, 0.2) is 11.5 Å². The predicted molar refractivity (Wildman–Crippen MR) is 79.9 cm³/mol. The minimum Gasteiger partial charge on any atom is -0.486 e. The number of ether oxygens (including phenoxy) is 2. The molecule has 2 aliphatic heterocycles. The van der Waals surface area contributed by atoms with Crippen molar-refractivity contribution in [2.24, 2.45) is 0 Å². The number of benzene rings is 1. The van der Waals surface area contributed by atoms with Crippen LogP contribution < -0.4 is 14.8 Å². The molecule has 0 radical (unpaired) electrons. The number of nitrogens with zero attached hydrogens (tertiary/aromatic N) is 1. The van der Waals surface area contributed by atoms with Crippen molar-refractivity contribution in [3.8, 4) is 22.8 Å². The lowest BCUT2D eigenvalue weighted by atomic mass is 9.94. The monoisotopic (exact) mass is 285 g/mol. The van der Waals surface area contributed by atoms with Crippen molar-refractivity contribution < 1.29 is 9.47 Å². The molecule has 110 valence electrons. The van der Waals surface area contributed by atoms with Crippen molar-refractivity contribution in [3.05, 3.63) is 30.0 Å². The van der Waals surface area contributed by atoms with Gasteiger partial charge in [-0.3, -0.25) is 5.10 Å². The first-order valence-corrected chi connectivity index (χ1v) is 7.56. The van der Waals surface area contributed by atoms with E-state index < -0.39 is 0 Å². The van der Waals surface area contributed by atoms with Crippen LogP contribution in [0.15, 0.2) is 24.3 Å². The summed E-state index contributed by atoms with van der Waals surface area (Å²) in [6.07, 6.45) is 2.34. The van der Waals surface area contributed by atoms with Gasteiger partial charge < -0.3 is 14.8 Å². The minimum atomic E-state index is 0.588. The van der Waals surface area contributed by atoms with Crippen LogP contribution in [0.4, 0.5) is 0 Å². The maximum atomic E-state index is 5.64. The second-order valence-electron chi connectivity index (χ2n) is 5.59. The Morgan fingerprint density at radius 2 is 1.81 bits per heavy atom. The number of H-pyrrole nitrogens is 1. The van der Waals surface area contributed by atoms with Gasteiger partial charge in [-0.25, -0.2) is 0 Å². The smallest absolute Gasteiger partial charge is 0.162 e. The third-order valence-corrected chi connectivity index (χ3v) is 4.21. The number of aromatic nitrogens is 2. The SMILES string of the molecule is c1cc2c(cc1-c1cc(C3CCNCC3)[nH]n1)OCCO2. The quantitative estimate of drug-likeness (QED) is 0.889. The van der Waals surface area contributed by atoms with E-state index in [1.54, 1.807) is 0 Å². The van der Waals surface area contributed by atoms with Crippen LogP contribution in [0.1, 0.15) is 24.5 Å². The highest BCUT2D eigenvalue weighted by molar-refractivity contribution is 5.64. The molecule has 2 aromatic rings. The Labute approximate surface area is 123 Å². The molecule has 0 amide bonds. The molecule has 3 heterocycles. The normalized spacial score (nSPS) is 18.7. The number of hydrogen-bond acceptors (Lipinski definition) is 4. The fourth-order valence-electron chi connectivity index (χ4n) is 3.03. The lowest BCUT2D eigenvalue weighted by Gasteiger charge is -2.20. The van der Waals surface area contributed by atoms with Crippen LogP contribution in [-0.2, 0) is 0 Å². The van der Waals surface area contributed by atoms with Crippen LogP contribution in [0.25, 0.3) is 11.3 Å². The largest absolute Gasteiger partial charge is 0.486 e. The number of piperidine rings is 1. The van der Waals surface area contributed by atoms with Crippen LogP contribution in [0.2, 0.25) is 0 Å². The van der Waals surface area contributed by atoms with Crippen molar-refractivity contribution in [2.75, 3.05) is 26.3 Å². The van der Waals surface area contributed by atoms with Crippen molar-refractivity contribution in [3.63, 3.8) is 0 Å². The highest BCUT2D eigenvalue weighted by atomic mass is 16.6. The molecule has 1 fully saturated rings. The zero-order valence-corrected chi connectivity index (χ0v) is 11.9. The number of rotatable bonds is 2. The molecule has 1 saturated heterocycles. The fourth-order valence-corrected chi connectivity index (χ4v) is 3.03. The lowest BCUT2D eigenvalue weighted by Crippen LogP contribution is -2.26. The lowest BCUT2D eigenvalue weighted by molar-refractivity contribution is 0.171. The van der Waals surface area contributed by atoms with E-state index in [1.807, 2.05) is 18.2 Å². The molecule has 4 rings (SSSR count). The zero-order valence-electron chi connectivity index (χ0n) is 11.9. The van der Waals surface area contributed by atoms with Gasteiger partial charge in [0.05, 0.1) is 5.69 Å². The van der Waals surface area contributed by atoms with E-state index in [2.05, 4.69) is 21.6 Å². The Balaban J connectivity index is 1.60. The van der Waals surface area contributed by atoms with Crippen molar-refractivity contribution in [2.45, 2.75) is 18.8 Å². The van der Waals surface area contributed by atoms with E-state index in [0.29, 0.717) is 19.1 Å². The van der Waals surface area contributed by atoms with Gasteiger partial charge in [0.2, 0.25) is 0 Å². The molecule has 5 heteroatoms. The summed E-state index contributed by atoms with van der Waals surface area (Å²) >= 11 is 0. The molecule has 21 heavy (non-hydrogen) atoms. The third kappa shape index (κ3) is 2.49. The molecule has 2 N–H and O–H groups in total. The van der Waals surface area contributed by atoms with E-state index in [1.165, 1.54) is 18.5 Å². The maximum Gasteiger partial charge on any atom is 0.162 e. The predicted octanol–water partition coefficient (Wildman–Crippen LogP) is 2.31. The van der Waals surface area contributed by atoms with Crippen LogP contribution >= 0.6 is 0 Å². The van der Waals surface area contributed by atoms with E-state index in [9.17, 15) is 0 Å². The van der Waals surface area contributed by atoms with E-state index in [0.717, 1.165) is 35.8 Å². The maximum absolute atomic E-state index is 5.64. The summed E-state index contributed by atoms with van der Waals surface area (Å²) in [7, 11) is 0. The van der Waals surface area contributed by atoms with Gasteiger partial charge in [-0.15, -0.1) is 0 Å². The summed E-state index contributed by atoms with van der Waals surface area (Å²) in [4.78, 5) is 0. The molecule has 5 nitrogen and oxygen atoms in total. The molecule has 0 atom stereocenters. The molecular weight excluding hydrogens is 266 g/mol. The summed E-state index contributed by atoms with van der Waals surface area (Å²) in [5.74, 6) is 2.22. The van der Waals surface area contributed by atoms with Crippen LogP contribution in [0, 0.1) is 0 Å². The Bertz CT molecular complexity index is 632. The van der Waals surface area contributed by atoms with Gasteiger partial charge >= 0.3 is 0 Å². The Morgan fingerprint density at radius 1 is 1.00 bits per heavy atom. The number of nitrogens with one attached hydrogen (secondary N) is 2. The summed E-state index contributed by atoms with van der Waals surface area (Å²) < 4.78 is 11.2. The topological polar surface area (TPSA) is 59.2 Å². The second kappa shape index (κ2) is 5.41. The molecule has 0 spiro atoms. The van der Waals surface area contributed by atoms with Crippen molar-refractivity contribution >= 4 is 0 Å². The first-order valence-electron chi connectivity index (χ1n) is 7.56. The minimum absolute atomic E-state index is 0.588. The number of hydrogen-bond donors (Lipinski definition) is 2. The van der Waals surface area contributed by atoms with Gasteiger partial charge in [-0.2, -0.15) is 5.10 Å². The average Bonchev–Trinajstić information content (AvgIpc) is 3.05.